The van der Waals surface area contributed by atoms with E-state index in [-0.39, 0.29) is 0 Å². The van der Waals surface area contributed by atoms with Crippen molar-refractivity contribution in [1.29, 1.82) is 5.41 Å². The minimum absolute atomic E-state index is 0.521. The minimum atomic E-state index is 0.521. The molecule has 0 aliphatic heterocycles. The fourth-order valence-corrected chi connectivity index (χ4v) is 2.21. The van der Waals surface area contributed by atoms with Gasteiger partial charge in [-0.15, -0.1) is 0 Å². The summed E-state index contributed by atoms with van der Waals surface area (Å²) in [5, 5.41) is 7.68. The third kappa shape index (κ3) is 3.86. The second kappa shape index (κ2) is 7.73. The molecule has 0 aliphatic rings. The van der Waals surface area contributed by atoms with Gasteiger partial charge in [0.05, 0.1) is 6.34 Å². The normalized spacial score (nSPS) is 10.4. The molecule has 0 unspecified atom stereocenters. The number of hydrogen-bond acceptors (Lipinski definition) is 2. The van der Waals surface area contributed by atoms with E-state index in [0.29, 0.717) is 5.92 Å². The van der Waals surface area contributed by atoms with E-state index in [2.05, 4.69) is 63.4 Å². The van der Waals surface area contributed by atoms with Crippen LogP contribution in [0, 0.1) is 5.41 Å². The van der Waals surface area contributed by atoms with Crippen molar-refractivity contribution >= 4 is 12.0 Å². The van der Waals surface area contributed by atoms with Crippen molar-refractivity contribution in [2.75, 3.05) is 18.0 Å². The van der Waals surface area contributed by atoms with Crippen LogP contribution in [0.1, 0.15) is 45.6 Å². The molecule has 3 nitrogen and oxygen atoms in total. The van der Waals surface area contributed by atoms with Crippen molar-refractivity contribution in [3.63, 3.8) is 0 Å². The molecule has 0 amide bonds. The lowest BCUT2D eigenvalue weighted by Gasteiger charge is -2.31. The molecule has 20 heavy (non-hydrogen) atoms. The molecule has 0 bridgehead atoms. The zero-order valence-electron chi connectivity index (χ0n) is 13.2. The van der Waals surface area contributed by atoms with Crippen LogP contribution in [0.5, 0.6) is 0 Å². The van der Waals surface area contributed by atoms with Crippen molar-refractivity contribution in [3.05, 3.63) is 42.2 Å². The number of nitrogens with one attached hydrogen (secondary N) is 1. The highest BCUT2D eigenvalue weighted by molar-refractivity contribution is 5.80. The Balaban J connectivity index is 2.94. The SMILES string of the molecule is C=C(N(CC)CCC)N(C=N)c1ccc(C(C)C)cc1. The Kier molecular flexibility index (Phi) is 6.29. The quantitative estimate of drug-likeness (QED) is 0.561. The van der Waals surface area contributed by atoms with Gasteiger partial charge in [-0.2, -0.15) is 0 Å². The van der Waals surface area contributed by atoms with Crippen molar-refractivity contribution in [3.8, 4) is 0 Å². The topological polar surface area (TPSA) is 30.3 Å². The Morgan fingerprint density at radius 1 is 1.25 bits per heavy atom. The number of benzene rings is 1. The lowest BCUT2D eigenvalue weighted by atomic mass is 10.0. The van der Waals surface area contributed by atoms with Gasteiger partial charge in [0.1, 0.15) is 5.82 Å². The molecule has 0 saturated heterocycles. The Hall–Kier alpha value is -1.77. The van der Waals surface area contributed by atoms with Crippen LogP contribution in [0.25, 0.3) is 0 Å². The first-order valence-electron chi connectivity index (χ1n) is 7.38. The van der Waals surface area contributed by atoms with Crippen LogP contribution in [0.4, 0.5) is 5.69 Å². The first kappa shape index (κ1) is 16.3. The Bertz CT molecular complexity index is 434. The minimum Gasteiger partial charge on any atom is -0.358 e. The maximum Gasteiger partial charge on any atom is 0.106 e. The predicted octanol–water partition coefficient (Wildman–Crippen LogP) is 4.43. The molecule has 1 rings (SSSR count). The van der Waals surface area contributed by atoms with Crippen LogP contribution in [0.2, 0.25) is 0 Å². The van der Waals surface area contributed by atoms with Gasteiger partial charge in [0.25, 0.3) is 0 Å². The van der Waals surface area contributed by atoms with Crippen molar-refractivity contribution in [2.45, 2.75) is 40.0 Å². The third-order valence-corrected chi connectivity index (χ3v) is 3.49. The molecule has 110 valence electrons. The molecule has 0 aliphatic carbocycles. The highest BCUT2D eigenvalue weighted by Gasteiger charge is 2.13. The van der Waals surface area contributed by atoms with Gasteiger partial charge in [0.2, 0.25) is 0 Å². The molecule has 0 radical (unpaired) electrons. The van der Waals surface area contributed by atoms with Crippen molar-refractivity contribution in [2.24, 2.45) is 0 Å². The largest absolute Gasteiger partial charge is 0.358 e. The van der Waals surface area contributed by atoms with E-state index in [4.69, 9.17) is 5.41 Å². The summed E-state index contributed by atoms with van der Waals surface area (Å²) in [6.07, 6.45) is 2.41. The van der Waals surface area contributed by atoms with E-state index in [0.717, 1.165) is 31.0 Å². The van der Waals surface area contributed by atoms with E-state index in [9.17, 15) is 0 Å². The van der Waals surface area contributed by atoms with Crippen LogP contribution >= 0.6 is 0 Å². The van der Waals surface area contributed by atoms with E-state index >= 15 is 0 Å². The van der Waals surface area contributed by atoms with Crippen LogP contribution in [-0.4, -0.2) is 24.3 Å². The zero-order chi connectivity index (χ0) is 15.1. The number of nitrogens with zero attached hydrogens (tertiary/aromatic N) is 2. The van der Waals surface area contributed by atoms with Crippen LogP contribution in [0.15, 0.2) is 36.7 Å². The van der Waals surface area contributed by atoms with E-state index < -0.39 is 0 Å². The molecule has 1 aromatic rings. The van der Waals surface area contributed by atoms with Gasteiger partial charge in [-0.1, -0.05) is 39.5 Å². The van der Waals surface area contributed by atoms with E-state index in [1.54, 1.807) is 0 Å². The van der Waals surface area contributed by atoms with Gasteiger partial charge < -0.3 is 4.90 Å². The van der Waals surface area contributed by atoms with E-state index in [1.165, 1.54) is 11.9 Å². The summed E-state index contributed by atoms with van der Waals surface area (Å²) in [5.74, 6) is 1.38. The summed E-state index contributed by atoms with van der Waals surface area (Å²) in [5.41, 5.74) is 2.30. The Morgan fingerprint density at radius 2 is 1.85 bits per heavy atom. The summed E-state index contributed by atoms with van der Waals surface area (Å²) in [6, 6.07) is 8.37. The summed E-state index contributed by atoms with van der Waals surface area (Å²) >= 11 is 0. The zero-order valence-corrected chi connectivity index (χ0v) is 13.2. The molecule has 0 saturated carbocycles. The number of hydrogen-bond donors (Lipinski definition) is 1. The summed E-state index contributed by atoms with van der Waals surface area (Å²) < 4.78 is 0. The first-order chi connectivity index (χ1) is 9.54. The predicted molar refractivity (Wildman–Crippen MR) is 88.5 cm³/mol. The molecule has 1 aromatic carbocycles. The molecule has 0 heterocycles. The van der Waals surface area contributed by atoms with Gasteiger partial charge >= 0.3 is 0 Å². The highest BCUT2D eigenvalue weighted by Crippen LogP contribution is 2.22. The molecule has 1 N–H and O–H groups in total. The maximum absolute atomic E-state index is 7.68. The smallest absolute Gasteiger partial charge is 0.106 e. The molecule has 0 spiro atoms. The standard InChI is InChI=1S/C17H27N3/c1-6-12-19(7-2)15(5)20(13-18)17-10-8-16(9-11-17)14(3)4/h8-11,13-14,18H,5-7,12H2,1-4H3. The number of rotatable bonds is 8. The molecule has 3 heteroatoms. The van der Waals surface area contributed by atoms with Gasteiger partial charge in [0.15, 0.2) is 0 Å². The summed E-state index contributed by atoms with van der Waals surface area (Å²) in [6.45, 7) is 14.7. The second-order valence-corrected chi connectivity index (χ2v) is 5.24. The van der Waals surface area contributed by atoms with Crippen LogP contribution in [0.3, 0.4) is 0 Å². The van der Waals surface area contributed by atoms with Gasteiger partial charge in [-0.05, 0) is 37.0 Å². The monoisotopic (exact) mass is 273 g/mol. The Morgan fingerprint density at radius 3 is 2.25 bits per heavy atom. The fourth-order valence-electron chi connectivity index (χ4n) is 2.21. The fraction of sp³-hybridized carbons (Fsp3) is 0.471. The first-order valence-corrected chi connectivity index (χ1v) is 7.38. The van der Waals surface area contributed by atoms with Crippen molar-refractivity contribution in [1.82, 2.24) is 4.90 Å². The number of anilines is 1. The van der Waals surface area contributed by atoms with Gasteiger partial charge in [-0.3, -0.25) is 10.3 Å². The van der Waals surface area contributed by atoms with Crippen molar-refractivity contribution < 1.29 is 0 Å². The summed E-state index contributed by atoms with van der Waals surface area (Å²) in [4.78, 5) is 4.03. The van der Waals surface area contributed by atoms with Crippen LogP contribution in [-0.2, 0) is 0 Å². The van der Waals surface area contributed by atoms with Crippen LogP contribution < -0.4 is 4.90 Å². The average molecular weight is 273 g/mol. The molecule has 0 atom stereocenters. The lowest BCUT2D eigenvalue weighted by molar-refractivity contribution is 0.360. The second-order valence-electron chi connectivity index (χ2n) is 5.24. The third-order valence-electron chi connectivity index (χ3n) is 3.49. The molecular formula is C17H27N3. The van der Waals surface area contributed by atoms with E-state index in [1.807, 2.05) is 4.90 Å². The molecule has 0 fully saturated rings. The summed E-state index contributed by atoms with van der Waals surface area (Å²) in [7, 11) is 0. The lowest BCUT2D eigenvalue weighted by Crippen LogP contribution is -2.34. The Labute approximate surface area is 123 Å². The highest BCUT2D eigenvalue weighted by atomic mass is 15.3. The van der Waals surface area contributed by atoms with Gasteiger partial charge in [-0.25, -0.2) is 0 Å². The average Bonchev–Trinajstić information content (AvgIpc) is 2.45. The molecule has 0 aromatic heterocycles. The van der Waals surface area contributed by atoms with Gasteiger partial charge in [0, 0.05) is 18.8 Å². The maximum atomic E-state index is 7.68. The molecular weight excluding hydrogens is 246 g/mol.